The average Bonchev–Trinajstić information content (AvgIpc) is 1.88. The largest absolute Gasteiger partial charge is 0.373 e. The Balaban J connectivity index is 3.03. The number of anilines is 1. The van der Waals surface area contributed by atoms with Crippen molar-refractivity contribution in [3.63, 3.8) is 0 Å². The van der Waals surface area contributed by atoms with Gasteiger partial charge in [-0.15, -0.1) is 0 Å². The molecule has 0 unspecified atom stereocenters. The van der Waals surface area contributed by atoms with Crippen LogP contribution < -0.4 is 4.90 Å². The standard InChI is InChI=1S/C7H8FN2/c1-10(2)6-4-3-5-9-7(6)8/h3,5H,1-2H3. The van der Waals surface area contributed by atoms with Crippen molar-refractivity contribution in [1.82, 2.24) is 4.98 Å². The smallest absolute Gasteiger partial charge is 0.237 e. The summed E-state index contributed by atoms with van der Waals surface area (Å²) < 4.78 is 12.7. The second-order valence-electron chi connectivity index (χ2n) is 2.12. The maximum atomic E-state index is 12.7. The number of hydrogen-bond donors (Lipinski definition) is 0. The molecule has 0 amide bonds. The molecule has 0 aliphatic rings. The van der Waals surface area contributed by atoms with E-state index in [0.29, 0.717) is 5.69 Å². The molecule has 1 aromatic rings. The minimum absolute atomic E-state index is 0.391. The van der Waals surface area contributed by atoms with E-state index in [1.807, 2.05) is 0 Å². The Morgan fingerprint density at radius 1 is 1.60 bits per heavy atom. The normalized spacial score (nSPS) is 9.50. The van der Waals surface area contributed by atoms with Gasteiger partial charge in [-0.3, -0.25) is 0 Å². The van der Waals surface area contributed by atoms with Crippen molar-refractivity contribution in [2.75, 3.05) is 19.0 Å². The van der Waals surface area contributed by atoms with Gasteiger partial charge >= 0.3 is 0 Å². The van der Waals surface area contributed by atoms with Crippen molar-refractivity contribution in [1.29, 1.82) is 0 Å². The third-order valence-corrected chi connectivity index (χ3v) is 1.13. The first-order chi connectivity index (χ1) is 4.72. The van der Waals surface area contributed by atoms with Crippen molar-refractivity contribution >= 4 is 5.69 Å². The predicted octanol–water partition coefficient (Wildman–Crippen LogP) is 1.09. The molecule has 53 valence electrons. The Labute approximate surface area is 59.3 Å². The first-order valence-corrected chi connectivity index (χ1v) is 2.91. The zero-order valence-corrected chi connectivity index (χ0v) is 5.93. The van der Waals surface area contributed by atoms with Crippen LogP contribution in [0.25, 0.3) is 0 Å². The predicted molar refractivity (Wildman–Crippen MR) is 37.4 cm³/mol. The minimum atomic E-state index is -0.479. The lowest BCUT2D eigenvalue weighted by Crippen LogP contribution is -2.11. The number of rotatable bonds is 1. The zero-order valence-electron chi connectivity index (χ0n) is 5.93. The molecule has 0 atom stereocenters. The third-order valence-electron chi connectivity index (χ3n) is 1.13. The summed E-state index contributed by atoms with van der Waals surface area (Å²) in [5.41, 5.74) is 0.391. The summed E-state index contributed by atoms with van der Waals surface area (Å²) in [6, 6.07) is 4.31. The van der Waals surface area contributed by atoms with Crippen LogP contribution in [0.5, 0.6) is 0 Å². The number of nitrogens with zero attached hydrogens (tertiary/aromatic N) is 2. The van der Waals surface area contributed by atoms with Gasteiger partial charge in [-0.05, 0) is 6.07 Å². The molecule has 0 aliphatic carbocycles. The summed E-state index contributed by atoms with van der Waals surface area (Å²) in [6.45, 7) is 0. The molecule has 1 heterocycles. The fraction of sp³-hybridized carbons (Fsp3) is 0.286. The van der Waals surface area contributed by atoms with Crippen molar-refractivity contribution in [2.24, 2.45) is 0 Å². The summed E-state index contributed by atoms with van der Waals surface area (Å²) in [5.74, 6) is -0.479. The molecule has 0 fully saturated rings. The van der Waals surface area contributed by atoms with Gasteiger partial charge < -0.3 is 4.90 Å². The van der Waals surface area contributed by atoms with E-state index in [1.54, 1.807) is 25.1 Å². The SMILES string of the molecule is CN(C)c1[c]ccnc1F. The molecule has 0 aliphatic heterocycles. The first-order valence-electron chi connectivity index (χ1n) is 2.91. The molecule has 1 aromatic heterocycles. The van der Waals surface area contributed by atoms with Gasteiger partial charge in [0, 0.05) is 26.4 Å². The molecule has 0 saturated heterocycles. The molecule has 1 radical (unpaired) electrons. The fourth-order valence-corrected chi connectivity index (χ4v) is 0.653. The molecule has 0 spiro atoms. The highest BCUT2D eigenvalue weighted by molar-refractivity contribution is 5.41. The van der Waals surface area contributed by atoms with E-state index in [4.69, 9.17) is 0 Å². The molecule has 10 heavy (non-hydrogen) atoms. The Bertz CT molecular complexity index is 223. The van der Waals surface area contributed by atoms with Crippen molar-refractivity contribution in [2.45, 2.75) is 0 Å². The lowest BCUT2D eigenvalue weighted by Gasteiger charge is -2.10. The number of pyridine rings is 1. The van der Waals surface area contributed by atoms with Crippen LogP contribution in [-0.4, -0.2) is 19.1 Å². The summed E-state index contributed by atoms with van der Waals surface area (Å²) in [7, 11) is 3.49. The Hall–Kier alpha value is -1.12. The fourth-order valence-electron chi connectivity index (χ4n) is 0.653. The summed E-state index contributed by atoms with van der Waals surface area (Å²) >= 11 is 0. The van der Waals surface area contributed by atoms with Crippen molar-refractivity contribution < 1.29 is 4.39 Å². The van der Waals surface area contributed by atoms with E-state index in [0.717, 1.165) is 0 Å². The van der Waals surface area contributed by atoms with E-state index in [-0.39, 0.29) is 0 Å². The molecule has 0 aromatic carbocycles. The van der Waals surface area contributed by atoms with Gasteiger partial charge in [0.2, 0.25) is 5.95 Å². The van der Waals surface area contributed by atoms with Gasteiger partial charge in [-0.25, -0.2) is 4.98 Å². The van der Waals surface area contributed by atoms with Crippen LogP contribution in [-0.2, 0) is 0 Å². The minimum Gasteiger partial charge on any atom is -0.373 e. The van der Waals surface area contributed by atoms with Crippen LogP contribution in [0.3, 0.4) is 0 Å². The van der Waals surface area contributed by atoms with Crippen LogP contribution in [0.1, 0.15) is 0 Å². The topological polar surface area (TPSA) is 16.1 Å². The van der Waals surface area contributed by atoms with Crippen LogP contribution in [0, 0.1) is 12.0 Å². The van der Waals surface area contributed by atoms with E-state index < -0.39 is 5.95 Å². The van der Waals surface area contributed by atoms with Gasteiger partial charge in [-0.2, -0.15) is 4.39 Å². The lowest BCUT2D eigenvalue weighted by molar-refractivity contribution is 0.582. The van der Waals surface area contributed by atoms with Gasteiger partial charge in [0.15, 0.2) is 0 Å². The van der Waals surface area contributed by atoms with E-state index >= 15 is 0 Å². The molecular weight excluding hydrogens is 131 g/mol. The van der Waals surface area contributed by atoms with Gasteiger partial charge in [0.05, 0.1) is 0 Å². The molecule has 0 bridgehead atoms. The number of halogens is 1. The highest BCUT2D eigenvalue weighted by Gasteiger charge is 2.01. The number of hydrogen-bond acceptors (Lipinski definition) is 2. The average molecular weight is 139 g/mol. The van der Waals surface area contributed by atoms with Crippen molar-refractivity contribution in [3.8, 4) is 0 Å². The summed E-state index contributed by atoms with van der Waals surface area (Å²) in [4.78, 5) is 5.09. The van der Waals surface area contributed by atoms with E-state index in [1.165, 1.54) is 6.20 Å². The zero-order chi connectivity index (χ0) is 7.56. The van der Waals surface area contributed by atoms with E-state index in [9.17, 15) is 4.39 Å². The lowest BCUT2D eigenvalue weighted by atomic mass is 10.4. The van der Waals surface area contributed by atoms with Crippen LogP contribution in [0.2, 0.25) is 0 Å². The van der Waals surface area contributed by atoms with Crippen LogP contribution >= 0.6 is 0 Å². The highest BCUT2D eigenvalue weighted by atomic mass is 19.1. The monoisotopic (exact) mass is 139 g/mol. The second-order valence-corrected chi connectivity index (χ2v) is 2.12. The molecule has 0 N–H and O–H groups in total. The van der Waals surface area contributed by atoms with Crippen molar-refractivity contribution in [3.05, 3.63) is 24.3 Å². The van der Waals surface area contributed by atoms with E-state index in [2.05, 4.69) is 11.1 Å². The maximum absolute atomic E-state index is 12.7. The first kappa shape index (κ1) is 6.99. The van der Waals surface area contributed by atoms with Crippen LogP contribution in [0.15, 0.2) is 12.3 Å². The molecule has 0 saturated carbocycles. The van der Waals surface area contributed by atoms with Crippen LogP contribution in [0.4, 0.5) is 10.1 Å². The van der Waals surface area contributed by atoms with Gasteiger partial charge in [-0.1, -0.05) is 0 Å². The third kappa shape index (κ3) is 1.23. The maximum Gasteiger partial charge on any atom is 0.237 e. The molecule has 3 heteroatoms. The Kier molecular flexibility index (Phi) is 1.85. The molecule has 2 nitrogen and oxygen atoms in total. The van der Waals surface area contributed by atoms with Gasteiger partial charge in [0.1, 0.15) is 5.69 Å². The molecule has 1 rings (SSSR count). The quantitative estimate of drug-likeness (QED) is 0.541. The van der Waals surface area contributed by atoms with Gasteiger partial charge in [0.25, 0.3) is 0 Å². The Morgan fingerprint density at radius 3 is 2.70 bits per heavy atom. The highest BCUT2D eigenvalue weighted by Crippen LogP contribution is 2.11. The summed E-state index contributed by atoms with van der Waals surface area (Å²) in [6.07, 6.45) is 1.38. The Morgan fingerprint density at radius 2 is 2.30 bits per heavy atom. The second kappa shape index (κ2) is 2.64. The summed E-state index contributed by atoms with van der Waals surface area (Å²) in [5, 5.41) is 0. The number of aromatic nitrogens is 1. The molecular formula is C7H8FN2.